The minimum absolute atomic E-state index is 0.0328. The number of hydrogen-bond acceptors (Lipinski definition) is 3. The summed E-state index contributed by atoms with van der Waals surface area (Å²) in [6.45, 7) is 3.88. The Labute approximate surface area is 171 Å². The van der Waals surface area contributed by atoms with Crippen LogP contribution in [0, 0.1) is 11.7 Å². The average Bonchev–Trinajstić information content (AvgIpc) is 3.24. The molecule has 0 spiro atoms. The molecule has 0 bridgehead atoms. The molecule has 1 atom stereocenters. The first-order chi connectivity index (χ1) is 14.1. The molecule has 0 saturated carbocycles. The van der Waals surface area contributed by atoms with Gasteiger partial charge in [-0.25, -0.2) is 4.39 Å². The maximum atomic E-state index is 13.1. The summed E-state index contributed by atoms with van der Waals surface area (Å²) in [5, 5.41) is 3.01. The molecule has 1 unspecified atom stereocenters. The molecule has 0 aliphatic carbocycles. The molecule has 156 valence electrons. The van der Waals surface area contributed by atoms with Gasteiger partial charge in [-0.15, -0.1) is 0 Å². The number of benzene rings is 1. The van der Waals surface area contributed by atoms with Crippen LogP contribution < -0.4 is 5.32 Å². The molecule has 1 N–H and O–H groups in total. The lowest BCUT2D eigenvalue weighted by molar-refractivity contribution is -0.126. The van der Waals surface area contributed by atoms with E-state index in [0.29, 0.717) is 31.0 Å². The van der Waals surface area contributed by atoms with Crippen LogP contribution in [0.5, 0.6) is 0 Å². The summed E-state index contributed by atoms with van der Waals surface area (Å²) < 4.78 is 18.8. The molecule has 2 heterocycles. The van der Waals surface area contributed by atoms with Crippen molar-refractivity contribution < 1.29 is 18.4 Å². The third kappa shape index (κ3) is 5.68. The van der Waals surface area contributed by atoms with Crippen molar-refractivity contribution in [3.63, 3.8) is 0 Å². The monoisotopic (exact) mass is 400 g/mol. The van der Waals surface area contributed by atoms with Gasteiger partial charge in [-0.2, -0.15) is 0 Å². The SMILES string of the molecule is CCCCCCNC(=O)C1CCCN(C(=O)c2ccc(-c3ccc(F)cc3)o2)C1. The number of nitrogens with one attached hydrogen (secondary N) is 1. The zero-order chi connectivity index (χ0) is 20.6. The van der Waals surface area contributed by atoms with Gasteiger partial charge in [-0.05, 0) is 55.7 Å². The van der Waals surface area contributed by atoms with Gasteiger partial charge in [-0.1, -0.05) is 26.2 Å². The van der Waals surface area contributed by atoms with E-state index in [2.05, 4.69) is 12.2 Å². The summed E-state index contributed by atoms with van der Waals surface area (Å²) in [5.41, 5.74) is 0.712. The number of likely N-dealkylation sites (tertiary alicyclic amines) is 1. The predicted octanol–water partition coefficient (Wildman–Crippen LogP) is 4.63. The molecule has 29 heavy (non-hydrogen) atoms. The highest BCUT2D eigenvalue weighted by atomic mass is 19.1. The fraction of sp³-hybridized carbons (Fsp3) is 0.478. The van der Waals surface area contributed by atoms with Gasteiger partial charge in [0.2, 0.25) is 5.91 Å². The highest BCUT2D eigenvalue weighted by Crippen LogP contribution is 2.25. The molecule has 2 aromatic rings. The van der Waals surface area contributed by atoms with Gasteiger partial charge < -0.3 is 14.6 Å². The predicted molar refractivity (Wildman–Crippen MR) is 110 cm³/mol. The van der Waals surface area contributed by atoms with Crippen LogP contribution in [0.1, 0.15) is 56.0 Å². The molecule has 0 radical (unpaired) electrons. The Balaban J connectivity index is 1.55. The first-order valence-electron chi connectivity index (χ1n) is 10.5. The second-order valence-electron chi connectivity index (χ2n) is 7.61. The summed E-state index contributed by atoms with van der Waals surface area (Å²) in [5.74, 6) is 0.0888. The number of furan rings is 1. The van der Waals surface area contributed by atoms with Crippen molar-refractivity contribution >= 4 is 11.8 Å². The molecule has 2 amide bonds. The van der Waals surface area contributed by atoms with Crippen LogP contribution in [-0.2, 0) is 4.79 Å². The number of piperidine rings is 1. The quantitative estimate of drug-likeness (QED) is 0.657. The highest BCUT2D eigenvalue weighted by Gasteiger charge is 2.30. The molecule has 1 saturated heterocycles. The Kier molecular flexibility index (Phi) is 7.44. The lowest BCUT2D eigenvalue weighted by Crippen LogP contribution is -2.45. The van der Waals surface area contributed by atoms with E-state index >= 15 is 0 Å². The summed E-state index contributed by atoms with van der Waals surface area (Å²) in [6.07, 6.45) is 6.07. The molecule has 1 aromatic heterocycles. The molecule has 1 aromatic carbocycles. The number of carbonyl (C=O) groups is 2. The van der Waals surface area contributed by atoms with E-state index in [1.807, 2.05) is 0 Å². The van der Waals surface area contributed by atoms with E-state index in [-0.39, 0.29) is 29.3 Å². The summed E-state index contributed by atoms with van der Waals surface area (Å²) in [4.78, 5) is 27.0. The molecule has 3 rings (SSSR count). The van der Waals surface area contributed by atoms with E-state index in [0.717, 1.165) is 25.7 Å². The Hall–Kier alpha value is -2.63. The number of amides is 2. The molecule has 1 aliphatic heterocycles. The lowest BCUT2D eigenvalue weighted by atomic mass is 9.97. The van der Waals surface area contributed by atoms with E-state index in [9.17, 15) is 14.0 Å². The van der Waals surface area contributed by atoms with Crippen LogP contribution >= 0.6 is 0 Å². The van der Waals surface area contributed by atoms with Gasteiger partial charge in [-0.3, -0.25) is 9.59 Å². The van der Waals surface area contributed by atoms with Gasteiger partial charge in [0.15, 0.2) is 5.76 Å². The Morgan fingerprint density at radius 2 is 1.93 bits per heavy atom. The second-order valence-corrected chi connectivity index (χ2v) is 7.61. The van der Waals surface area contributed by atoms with Gasteiger partial charge in [0.1, 0.15) is 11.6 Å². The first kappa shape index (κ1) is 21.1. The van der Waals surface area contributed by atoms with Crippen LogP contribution in [-0.4, -0.2) is 36.3 Å². The van der Waals surface area contributed by atoms with Crippen molar-refractivity contribution in [1.29, 1.82) is 0 Å². The molecule has 1 aliphatic rings. The molecular formula is C23H29FN2O3. The fourth-order valence-corrected chi connectivity index (χ4v) is 3.66. The van der Waals surface area contributed by atoms with Crippen molar-refractivity contribution in [2.24, 2.45) is 5.92 Å². The number of unbranched alkanes of at least 4 members (excludes halogenated alkanes) is 3. The largest absolute Gasteiger partial charge is 0.451 e. The van der Waals surface area contributed by atoms with Crippen molar-refractivity contribution in [1.82, 2.24) is 10.2 Å². The van der Waals surface area contributed by atoms with E-state index in [4.69, 9.17) is 4.42 Å². The maximum Gasteiger partial charge on any atom is 0.289 e. The average molecular weight is 400 g/mol. The normalized spacial score (nSPS) is 16.6. The zero-order valence-electron chi connectivity index (χ0n) is 17.0. The number of rotatable bonds is 8. The van der Waals surface area contributed by atoms with Crippen LogP contribution in [0.2, 0.25) is 0 Å². The van der Waals surface area contributed by atoms with Crippen LogP contribution in [0.3, 0.4) is 0 Å². The van der Waals surface area contributed by atoms with Gasteiger partial charge in [0.25, 0.3) is 5.91 Å². The van der Waals surface area contributed by atoms with Gasteiger partial charge in [0, 0.05) is 25.2 Å². The number of nitrogens with zero attached hydrogens (tertiary/aromatic N) is 1. The minimum atomic E-state index is -0.320. The molecule has 5 nitrogen and oxygen atoms in total. The van der Waals surface area contributed by atoms with Crippen molar-refractivity contribution in [2.75, 3.05) is 19.6 Å². The summed E-state index contributed by atoms with van der Waals surface area (Å²) in [7, 11) is 0. The molecule has 1 fully saturated rings. The van der Waals surface area contributed by atoms with Crippen molar-refractivity contribution in [2.45, 2.75) is 45.4 Å². The Morgan fingerprint density at radius 1 is 1.14 bits per heavy atom. The number of hydrogen-bond donors (Lipinski definition) is 1. The van der Waals surface area contributed by atoms with Crippen molar-refractivity contribution in [3.8, 4) is 11.3 Å². The zero-order valence-corrected chi connectivity index (χ0v) is 17.0. The number of carbonyl (C=O) groups excluding carboxylic acids is 2. The lowest BCUT2D eigenvalue weighted by Gasteiger charge is -2.31. The first-order valence-corrected chi connectivity index (χ1v) is 10.5. The van der Waals surface area contributed by atoms with E-state index in [1.165, 1.54) is 25.0 Å². The van der Waals surface area contributed by atoms with Gasteiger partial charge >= 0.3 is 0 Å². The van der Waals surface area contributed by atoms with Gasteiger partial charge in [0.05, 0.1) is 5.92 Å². The highest BCUT2D eigenvalue weighted by molar-refractivity contribution is 5.92. The molecule has 6 heteroatoms. The standard InChI is InChI=1S/C23H29FN2O3/c1-2-3-4-5-14-25-22(27)18-7-6-15-26(16-18)23(28)21-13-12-20(29-21)17-8-10-19(24)11-9-17/h8-13,18H,2-7,14-16H2,1H3,(H,25,27). The maximum absolute atomic E-state index is 13.1. The number of halogens is 1. The third-order valence-electron chi connectivity index (χ3n) is 5.35. The van der Waals surface area contributed by atoms with E-state index < -0.39 is 0 Å². The second kappa shape index (κ2) is 10.2. The minimum Gasteiger partial charge on any atom is -0.451 e. The third-order valence-corrected chi connectivity index (χ3v) is 5.35. The van der Waals surface area contributed by atoms with E-state index in [1.54, 1.807) is 29.2 Å². The van der Waals surface area contributed by atoms with Crippen LogP contribution in [0.15, 0.2) is 40.8 Å². The molecular weight excluding hydrogens is 371 g/mol. The fourth-order valence-electron chi connectivity index (χ4n) is 3.66. The Morgan fingerprint density at radius 3 is 2.69 bits per heavy atom. The van der Waals surface area contributed by atoms with Crippen LogP contribution in [0.25, 0.3) is 11.3 Å². The summed E-state index contributed by atoms with van der Waals surface area (Å²) in [6, 6.07) is 9.29. The topological polar surface area (TPSA) is 62.6 Å². The Bertz CT molecular complexity index is 816. The smallest absolute Gasteiger partial charge is 0.289 e. The summed E-state index contributed by atoms with van der Waals surface area (Å²) >= 11 is 0. The van der Waals surface area contributed by atoms with Crippen LogP contribution in [0.4, 0.5) is 4.39 Å². The van der Waals surface area contributed by atoms with Crippen molar-refractivity contribution in [3.05, 3.63) is 48.0 Å².